The molecule has 0 radical (unpaired) electrons. The maximum Gasteiger partial charge on any atom is 0.294 e. The van der Waals surface area contributed by atoms with Gasteiger partial charge in [0, 0.05) is 11.8 Å². The van der Waals surface area contributed by atoms with Crippen LogP contribution in [0.25, 0.3) is 0 Å². The molecule has 0 bridgehead atoms. The van der Waals surface area contributed by atoms with E-state index in [1.807, 2.05) is 5.43 Å². The molecule has 2 rings (SSSR count). The molecular formula is C11H14N4O3S. The number of nitrogen functional groups attached to an aromatic ring is 1. The topological polar surface area (TPSA) is 105 Å². The van der Waals surface area contributed by atoms with Gasteiger partial charge in [0.2, 0.25) is 11.8 Å². The van der Waals surface area contributed by atoms with Crippen LogP contribution in [0.3, 0.4) is 0 Å². The Morgan fingerprint density at radius 2 is 2.26 bits per heavy atom. The van der Waals surface area contributed by atoms with Gasteiger partial charge in [-0.25, -0.2) is 10.8 Å². The second-order valence-corrected chi connectivity index (χ2v) is 5.82. The first-order valence-corrected chi connectivity index (χ1v) is 6.53. The number of hydrogen-bond donors (Lipinski definition) is 2. The van der Waals surface area contributed by atoms with E-state index in [-0.39, 0.29) is 29.8 Å². The molecule has 0 atom stereocenters. The predicted molar refractivity (Wildman–Crippen MR) is 67.7 cm³/mol. The Morgan fingerprint density at radius 3 is 2.79 bits per heavy atom. The first-order chi connectivity index (χ1) is 8.85. The van der Waals surface area contributed by atoms with Crippen LogP contribution >= 0.6 is 11.3 Å². The highest BCUT2D eigenvalue weighted by Crippen LogP contribution is 2.32. The van der Waals surface area contributed by atoms with Gasteiger partial charge >= 0.3 is 0 Å². The number of thiazole rings is 1. The third kappa shape index (κ3) is 2.49. The zero-order chi connectivity index (χ0) is 14.2. The van der Waals surface area contributed by atoms with Crippen molar-refractivity contribution in [1.82, 2.24) is 15.3 Å². The van der Waals surface area contributed by atoms with Crippen molar-refractivity contribution in [3.63, 3.8) is 0 Å². The summed E-state index contributed by atoms with van der Waals surface area (Å²) in [5.41, 5.74) is 1.82. The summed E-state index contributed by atoms with van der Waals surface area (Å²) in [6.07, 6.45) is 0.201. The van der Waals surface area contributed by atoms with Crippen LogP contribution in [0.1, 0.15) is 35.8 Å². The number of carbonyl (C=O) groups is 3. The fraction of sp³-hybridized carbons (Fsp3) is 0.455. The molecule has 0 aliphatic carbocycles. The Kier molecular flexibility index (Phi) is 3.38. The molecule has 3 N–H and O–H groups in total. The van der Waals surface area contributed by atoms with Gasteiger partial charge in [-0.15, -0.1) is 11.3 Å². The summed E-state index contributed by atoms with van der Waals surface area (Å²) < 4.78 is 0. The van der Waals surface area contributed by atoms with Crippen molar-refractivity contribution in [1.29, 1.82) is 0 Å². The van der Waals surface area contributed by atoms with E-state index in [1.54, 1.807) is 19.2 Å². The maximum atomic E-state index is 12.0. The van der Waals surface area contributed by atoms with Crippen molar-refractivity contribution < 1.29 is 14.4 Å². The molecule has 0 spiro atoms. The van der Waals surface area contributed by atoms with Crippen LogP contribution in [0.2, 0.25) is 0 Å². The van der Waals surface area contributed by atoms with Gasteiger partial charge in [0.15, 0.2) is 5.01 Å². The zero-order valence-corrected chi connectivity index (χ0v) is 11.4. The van der Waals surface area contributed by atoms with Gasteiger partial charge in [0.05, 0.1) is 17.7 Å². The van der Waals surface area contributed by atoms with Crippen LogP contribution in [0.5, 0.6) is 0 Å². The lowest BCUT2D eigenvalue weighted by atomic mass is 9.92. The van der Waals surface area contributed by atoms with Gasteiger partial charge in [-0.1, -0.05) is 13.8 Å². The normalized spacial score (nSPS) is 17.9. The second kappa shape index (κ2) is 4.71. The van der Waals surface area contributed by atoms with Crippen molar-refractivity contribution in [3.8, 4) is 0 Å². The zero-order valence-electron chi connectivity index (χ0n) is 10.6. The molecule has 0 saturated carbocycles. The molecule has 8 heteroatoms. The molecule has 102 valence electrons. The number of aromatic nitrogens is 1. The van der Waals surface area contributed by atoms with E-state index in [2.05, 4.69) is 4.98 Å². The highest BCUT2D eigenvalue weighted by Gasteiger charge is 2.44. The van der Waals surface area contributed by atoms with Crippen LogP contribution in [0, 0.1) is 5.41 Å². The SMILES string of the molecule is CC1(C)CC(=O)N(Cc2csc(C(=O)NN)n2)C1=O. The van der Waals surface area contributed by atoms with E-state index >= 15 is 0 Å². The standard InChI is InChI=1S/C11H14N4O3S/c1-11(2)3-7(16)15(10(11)18)4-6-5-19-9(13-6)8(17)14-12/h5H,3-4,12H2,1-2H3,(H,14,17). The number of nitrogens with two attached hydrogens (primary N) is 1. The Hall–Kier alpha value is -1.80. The summed E-state index contributed by atoms with van der Waals surface area (Å²) in [4.78, 5) is 40.3. The molecule has 2 heterocycles. The fourth-order valence-electron chi connectivity index (χ4n) is 1.90. The molecule has 1 aromatic heterocycles. The van der Waals surface area contributed by atoms with Crippen LogP contribution in [-0.2, 0) is 16.1 Å². The first kappa shape index (κ1) is 13.6. The number of nitrogens with one attached hydrogen (secondary N) is 1. The van der Waals surface area contributed by atoms with Crippen LogP contribution in [-0.4, -0.2) is 27.6 Å². The van der Waals surface area contributed by atoms with E-state index < -0.39 is 11.3 Å². The van der Waals surface area contributed by atoms with Crippen molar-refractivity contribution in [2.75, 3.05) is 0 Å². The minimum absolute atomic E-state index is 0.0927. The maximum absolute atomic E-state index is 12.0. The number of likely N-dealkylation sites (tertiary alicyclic amines) is 1. The molecule has 1 fully saturated rings. The molecule has 1 saturated heterocycles. The molecule has 0 unspecified atom stereocenters. The lowest BCUT2D eigenvalue weighted by molar-refractivity contribution is -0.141. The lowest BCUT2D eigenvalue weighted by Crippen LogP contribution is -2.33. The second-order valence-electron chi connectivity index (χ2n) is 4.96. The van der Waals surface area contributed by atoms with Crippen LogP contribution in [0.15, 0.2) is 5.38 Å². The number of imide groups is 1. The molecule has 1 aliphatic heterocycles. The van der Waals surface area contributed by atoms with E-state index in [4.69, 9.17) is 5.84 Å². The third-order valence-electron chi connectivity index (χ3n) is 2.92. The quantitative estimate of drug-likeness (QED) is 0.352. The highest BCUT2D eigenvalue weighted by atomic mass is 32.1. The number of nitrogens with zero attached hydrogens (tertiary/aromatic N) is 2. The highest BCUT2D eigenvalue weighted by molar-refractivity contribution is 7.11. The van der Waals surface area contributed by atoms with E-state index in [9.17, 15) is 14.4 Å². The van der Waals surface area contributed by atoms with Crippen LogP contribution in [0.4, 0.5) is 0 Å². The molecule has 3 amide bonds. The Labute approximate surface area is 113 Å². The summed E-state index contributed by atoms with van der Waals surface area (Å²) in [5, 5.41) is 1.84. The summed E-state index contributed by atoms with van der Waals surface area (Å²) >= 11 is 1.12. The minimum atomic E-state index is -0.662. The summed E-state index contributed by atoms with van der Waals surface area (Å²) in [5.74, 6) is 4.09. The third-order valence-corrected chi connectivity index (χ3v) is 3.81. The number of rotatable bonds is 3. The van der Waals surface area contributed by atoms with Crippen molar-refractivity contribution >= 4 is 29.1 Å². The molecule has 1 aromatic rings. The lowest BCUT2D eigenvalue weighted by Gasteiger charge is -2.16. The van der Waals surface area contributed by atoms with Gasteiger partial charge in [-0.3, -0.25) is 24.7 Å². The summed E-state index contributed by atoms with van der Waals surface area (Å²) in [7, 11) is 0. The predicted octanol–water partition coefficient (Wildman–Crippen LogP) is 0.0317. The molecule has 0 aromatic carbocycles. The fourth-order valence-corrected chi connectivity index (χ4v) is 2.61. The number of carbonyl (C=O) groups excluding carboxylic acids is 3. The average Bonchev–Trinajstić information content (AvgIpc) is 2.88. The van der Waals surface area contributed by atoms with E-state index in [0.717, 1.165) is 11.3 Å². The average molecular weight is 282 g/mol. The largest absolute Gasteiger partial charge is 0.294 e. The van der Waals surface area contributed by atoms with Crippen LogP contribution < -0.4 is 11.3 Å². The van der Waals surface area contributed by atoms with Gasteiger partial charge < -0.3 is 0 Å². The number of amides is 3. The molecule has 7 nitrogen and oxygen atoms in total. The monoisotopic (exact) mass is 282 g/mol. The smallest absolute Gasteiger partial charge is 0.288 e. The molecular weight excluding hydrogens is 268 g/mol. The minimum Gasteiger partial charge on any atom is -0.288 e. The number of hydrazine groups is 1. The van der Waals surface area contributed by atoms with E-state index in [0.29, 0.717) is 5.69 Å². The van der Waals surface area contributed by atoms with Crippen molar-refractivity contribution in [3.05, 3.63) is 16.1 Å². The molecule has 1 aliphatic rings. The Bertz CT molecular complexity index is 552. The van der Waals surface area contributed by atoms with Gasteiger partial charge in [-0.2, -0.15) is 0 Å². The first-order valence-electron chi connectivity index (χ1n) is 5.65. The Morgan fingerprint density at radius 1 is 1.58 bits per heavy atom. The van der Waals surface area contributed by atoms with Gasteiger partial charge in [0.25, 0.3) is 5.91 Å². The number of hydrogen-bond acceptors (Lipinski definition) is 6. The van der Waals surface area contributed by atoms with E-state index in [1.165, 1.54) is 4.90 Å². The van der Waals surface area contributed by atoms with Gasteiger partial charge in [-0.05, 0) is 0 Å². The molecule has 19 heavy (non-hydrogen) atoms. The van der Waals surface area contributed by atoms with Crippen molar-refractivity contribution in [2.24, 2.45) is 11.3 Å². The summed E-state index contributed by atoms with van der Waals surface area (Å²) in [6, 6.07) is 0. The van der Waals surface area contributed by atoms with Gasteiger partial charge in [0.1, 0.15) is 0 Å². The Balaban J connectivity index is 2.14. The van der Waals surface area contributed by atoms with Crippen molar-refractivity contribution in [2.45, 2.75) is 26.8 Å². The summed E-state index contributed by atoms with van der Waals surface area (Å²) in [6.45, 7) is 3.57.